The first-order valence-electron chi connectivity index (χ1n) is 6.49. The van der Waals surface area contributed by atoms with Gasteiger partial charge in [0.15, 0.2) is 0 Å². The van der Waals surface area contributed by atoms with Crippen molar-refractivity contribution in [2.24, 2.45) is 5.92 Å². The van der Waals surface area contributed by atoms with Crippen molar-refractivity contribution >= 4 is 11.6 Å². The second kappa shape index (κ2) is 4.90. The van der Waals surface area contributed by atoms with Gasteiger partial charge < -0.3 is 10.6 Å². The van der Waals surface area contributed by atoms with Gasteiger partial charge in [0.1, 0.15) is 17.5 Å². The highest BCUT2D eigenvalue weighted by atomic mass is 15.2. The summed E-state index contributed by atoms with van der Waals surface area (Å²) in [7, 11) is 0. The van der Waals surface area contributed by atoms with Crippen molar-refractivity contribution in [2.45, 2.75) is 40.0 Å². The number of aromatic nitrogens is 2. The zero-order valence-electron chi connectivity index (χ0n) is 11.0. The van der Waals surface area contributed by atoms with Gasteiger partial charge in [-0.25, -0.2) is 9.97 Å². The molecule has 2 rings (SSSR count). The molecule has 0 aromatic carbocycles. The first-order valence-corrected chi connectivity index (χ1v) is 6.49. The minimum Gasteiger partial charge on any atom is -0.383 e. The molecule has 1 aromatic heterocycles. The fourth-order valence-electron chi connectivity index (χ4n) is 2.42. The molecule has 0 radical (unpaired) electrons. The van der Waals surface area contributed by atoms with Crippen LogP contribution in [0.25, 0.3) is 0 Å². The van der Waals surface area contributed by atoms with Crippen LogP contribution in [0.4, 0.5) is 11.6 Å². The van der Waals surface area contributed by atoms with E-state index in [2.05, 4.69) is 28.7 Å². The molecule has 0 saturated carbocycles. The second-order valence-corrected chi connectivity index (χ2v) is 5.02. The van der Waals surface area contributed by atoms with Crippen LogP contribution in [0.2, 0.25) is 0 Å². The molecular weight excluding hydrogens is 212 g/mol. The number of rotatable bonds is 2. The van der Waals surface area contributed by atoms with Crippen molar-refractivity contribution in [2.75, 3.05) is 23.7 Å². The smallest absolute Gasteiger partial charge is 0.137 e. The maximum Gasteiger partial charge on any atom is 0.137 e. The summed E-state index contributed by atoms with van der Waals surface area (Å²) in [6.45, 7) is 8.55. The van der Waals surface area contributed by atoms with Crippen molar-refractivity contribution in [1.29, 1.82) is 0 Å². The van der Waals surface area contributed by atoms with Crippen LogP contribution in [-0.2, 0) is 6.42 Å². The maximum absolute atomic E-state index is 5.96. The molecule has 0 spiro atoms. The Kier molecular flexibility index (Phi) is 3.50. The van der Waals surface area contributed by atoms with Crippen molar-refractivity contribution in [1.82, 2.24) is 9.97 Å². The van der Waals surface area contributed by atoms with E-state index in [1.807, 2.05) is 6.92 Å². The van der Waals surface area contributed by atoms with Gasteiger partial charge in [0.05, 0.1) is 0 Å². The highest BCUT2D eigenvalue weighted by Gasteiger charge is 2.20. The molecule has 0 aliphatic carbocycles. The third-order valence-electron chi connectivity index (χ3n) is 3.48. The lowest BCUT2D eigenvalue weighted by atomic mass is 10.00. The Morgan fingerprint density at radius 1 is 1.41 bits per heavy atom. The van der Waals surface area contributed by atoms with Gasteiger partial charge in [-0.15, -0.1) is 0 Å². The Morgan fingerprint density at radius 2 is 2.18 bits per heavy atom. The molecule has 0 bridgehead atoms. The number of nitrogens with two attached hydrogens (primary N) is 1. The van der Waals surface area contributed by atoms with Gasteiger partial charge in [0.25, 0.3) is 0 Å². The Balaban J connectivity index is 2.33. The van der Waals surface area contributed by atoms with Crippen LogP contribution in [0.15, 0.2) is 0 Å². The van der Waals surface area contributed by atoms with E-state index in [0.29, 0.717) is 5.82 Å². The van der Waals surface area contributed by atoms with Crippen LogP contribution in [0.1, 0.15) is 38.1 Å². The average Bonchev–Trinajstić information content (AvgIpc) is 2.32. The van der Waals surface area contributed by atoms with Crippen LogP contribution in [0, 0.1) is 12.8 Å². The molecule has 4 heteroatoms. The Morgan fingerprint density at radius 3 is 2.82 bits per heavy atom. The molecule has 17 heavy (non-hydrogen) atoms. The molecule has 94 valence electrons. The highest BCUT2D eigenvalue weighted by molar-refractivity contribution is 5.56. The summed E-state index contributed by atoms with van der Waals surface area (Å²) in [5.41, 5.74) is 6.98. The maximum atomic E-state index is 5.96. The van der Waals surface area contributed by atoms with E-state index >= 15 is 0 Å². The number of nitrogens with zero attached hydrogens (tertiary/aromatic N) is 3. The lowest BCUT2D eigenvalue weighted by molar-refractivity contribution is 0.443. The second-order valence-electron chi connectivity index (χ2n) is 5.02. The quantitative estimate of drug-likeness (QED) is 0.852. The molecule has 1 aliphatic rings. The summed E-state index contributed by atoms with van der Waals surface area (Å²) in [6, 6.07) is 0. The summed E-state index contributed by atoms with van der Waals surface area (Å²) in [4.78, 5) is 11.3. The Hall–Kier alpha value is -1.32. The predicted molar refractivity (Wildman–Crippen MR) is 71.2 cm³/mol. The van der Waals surface area contributed by atoms with Gasteiger partial charge >= 0.3 is 0 Å². The van der Waals surface area contributed by atoms with Gasteiger partial charge in [-0.1, -0.05) is 13.8 Å². The van der Waals surface area contributed by atoms with Crippen LogP contribution < -0.4 is 10.6 Å². The van der Waals surface area contributed by atoms with E-state index < -0.39 is 0 Å². The number of nitrogen functional groups attached to an aromatic ring is 1. The zero-order chi connectivity index (χ0) is 12.4. The fraction of sp³-hybridized carbons (Fsp3) is 0.692. The van der Waals surface area contributed by atoms with Crippen molar-refractivity contribution < 1.29 is 0 Å². The molecule has 1 unspecified atom stereocenters. The molecule has 1 atom stereocenters. The lowest BCUT2D eigenvalue weighted by Gasteiger charge is -2.33. The number of hydrogen-bond acceptors (Lipinski definition) is 4. The first-order chi connectivity index (χ1) is 8.11. The monoisotopic (exact) mass is 234 g/mol. The van der Waals surface area contributed by atoms with Crippen molar-refractivity contribution in [3.63, 3.8) is 0 Å². The third-order valence-corrected chi connectivity index (χ3v) is 3.48. The summed E-state index contributed by atoms with van der Waals surface area (Å²) in [5, 5.41) is 0. The summed E-state index contributed by atoms with van der Waals surface area (Å²) < 4.78 is 0. The summed E-state index contributed by atoms with van der Waals surface area (Å²) in [6.07, 6.45) is 3.39. The number of anilines is 2. The van der Waals surface area contributed by atoms with Gasteiger partial charge in [-0.3, -0.25) is 0 Å². The van der Waals surface area contributed by atoms with Gasteiger partial charge in [-0.2, -0.15) is 0 Å². The highest BCUT2D eigenvalue weighted by Crippen LogP contribution is 2.26. The fourth-order valence-corrected chi connectivity index (χ4v) is 2.42. The van der Waals surface area contributed by atoms with E-state index in [-0.39, 0.29) is 0 Å². The minimum absolute atomic E-state index is 0.630. The van der Waals surface area contributed by atoms with Crippen LogP contribution >= 0.6 is 0 Å². The zero-order valence-corrected chi connectivity index (χ0v) is 11.0. The molecule has 4 nitrogen and oxygen atoms in total. The minimum atomic E-state index is 0.630. The molecule has 2 heterocycles. The molecule has 0 amide bonds. The van der Waals surface area contributed by atoms with Gasteiger partial charge in [-0.05, 0) is 25.7 Å². The van der Waals surface area contributed by atoms with E-state index in [1.54, 1.807) is 0 Å². The average molecular weight is 234 g/mol. The molecule has 1 saturated heterocycles. The van der Waals surface area contributed by atoms with Crippen molar-refractivity contribution in [3.8, 4) is 0 Å². The Bertz CT molecular complexity index is 403. The predicted octanol–water partition coefficient (Wildman–Crippen LogP) is 2.17. The van der Waals surface area contributed by atoms with Gasteiger partial charge in [0.2, 0.25) is 0 Å². The molecular formula is C13H22N4. The van der Waals surface area contributed by atoms with Crippen LogP contribution in [0.3, 0.4) is 0 Å². The van der Waals surface area contributed by atoms with Crippen LogP contribution in [-0.4, -0.2) is 23.1 Å². The topological polar surface area (TPSA) is 55.0 Å². The van der Waals surface area contributed by atoms with E-state index in [1.165, 1.54) is 12.8 Å². The number of piperidine rings is 1. The summed E-state index contributed by atoms with van der Waals surface area (Å²) in [5.74, 6) is 3.26. The first kappa shape index (κ1) is 12.1. The number of aryl methyl sites for hydroxylation is 1. The third kappa shape index (κ3) is 2.51. The van der Waals surface area contributed by atoms with Gasteiger partial charge in [0, 0.05) is 25.1 Å². The molecule has 1 aliphatic heterocycles. The molecule has 2 N–H and O–H groups in total. The van der Waals surface area contributed by atoms with Crippen LogP contribution in [0.5, 0.6) is 0 Å². The Labute approximate surface area is 103 Å². The lowest BCUT2D eigenvalue weighted by Crippen LogP contribution is -2.35. The van der Waals surface area contributed by atoms with E-state index in [4.69, 9.17) is 5.73 Å². The number of hydrogen-bond donors (Lipinski definition) is 1. The standard InChI is InChI=1S/C13H22N4/c1-4-11-15-12(14)10(3)13(16-11)17-7-5-6-9(2)8-17/h9H,4-8H2,1-3H3,(H2,14,15,16). The molecule has 1 fully saturated rings. The van der Waals surface area contributed by atoms with E-state index in [0.717, 1.165) is 42.6 Å². The largest absolute Gasteiger partial charge is 0.383 e. The van der Waals surface area contributed by atoms with E-state index in [9.17, 15) is 0 Å². The normalized spacial score (nSPS) is 20.6. The molecule has 1 aromatic rings. The SMILES string of the molecule is CCc1nc(N)c(C)c(N2CCCC(C)C2)n1. The summed E-state index contributed by atoms with van der Waals surface area (Å²) >= 11 is 0. The van der Waals surface area contributed by atoms with Crippen molar-refractivity contribution in [3.05, 3.63) is 11.4 Å².